The number of hydrogen-bond donors (Lipinski definition) is 1. The number of nitrogens with one attached hydrogen (secondary N) is 1. The van der Waals surface area contributed by atoms with Gasteiger partial charge in [0, 0.05) is 23.1 Å². The van der Waals surface area contributed by atoms with Crippen molar-refractivity contribution >= 4 is 43.5 Å². The molecule has 0 aromatic heterocycles. The van der Waals surface area contributed by atoms with Crippen molar-refractivity contribution < 1.29 is 32.2 Å². The quantitative estimate of drug-likeness (QED) is 0.220. The van der Waals surface area contributed by atoms with Crippen LogP contribution < -0.4 is 23.8 Å². The summed E-state index contributed by atoms with van der Waals surface area (Å²) in [7, 11) is -1.43. The molecule has 10 nitrogen and oxygen atoms in total. The molecule has 0 heterocycles. The number of nitrogens with zero attached hydrogens (tertiary/aromatic N) is 2. The molecule has 248 valence electrons. The lowest BCUT2D eigenvalue weighted by Crippen LogP contribution is -2.53. The van der Waals surface area contributed by atoms with Crippen LogP contribution in [0.25, 0.3) is 0 Å². The third kappa shape index (κ3) is 8.73. The summed E-state index contributed by atoms with van der Waals surface area (Å²) in [6.07, 6.45) is 5.03. The molecule has 1 saturated carbocycles. The van der Waals surface area contributed by atoms with Gasteiger partial charge in [0.15, 0.2) is 11.5 Å². The van der Waals surface area contributed by atoms with Gasteiger partial charge in [0.2, 0.25) is 11.8 Å². The van der Waals surface area contributed by atoms with Crippen molar-refractivity contribution in [2.24, 2.45) is 0 Å². The van der Waals surface area contributed by atoms with E-state index in [0.29, 0.717) is 18.1 Å². The lowest BCUT2D eigenvalue weighted by molar-refractivity contribution is -0.139. The fraction of sp³-hybridized carbons (Fsp3) is 0.412. The molecule has 0 aliphatic heterocycles. The van der Waals surface area contributed by atoms with Gasteiger partial charge in [0.25, 0.3) is 10.0 Å². The molecule has 0 bridgehead atoms. The molecule has 1 fully saturated rings. The Bertz CT molecular complexity index is 1580. The molecule has 1 atom stereocenters. The predicted molar refractivity (Wildman–Crippen MR) is 181 cm³/mol. The van der Waals surface area contributed by atoms with Crippen LogP contribution in [-0.2, 0) is 26.2 Å². The maximum Gasteiger partial charge on any atom is 0.264 e. The Labute approximate surface area is 280 Å². The molecule has 1 N–H and O–H groups in total. The summed E-state index contributed by atoms with van der Waals surface area (Å²) in [6, 6.07) is 17.4. The van der Waals surface area contributed by atoms with Gasteiger partial charge in [-0.1, -0.05) is 47.3 Å². The number of anilines is 1. The summed E-state index contributed by atoms with van der Waals surface area (Å²) in [5.41, 5.74) is 1.05. The van der Waals surface area contributed by atoms with Crippen molar-refractivity contribution in [2.75, 3.05) is 31.7 Å². The van der Waals surface area contributed by atoms with E-state index in [4.69, 9.17) is 14.2 Å². The first-order chi connectivity index (χ1) is 22.1. The molecule has 4 rings (SSSR count). The topological polar surface area (TPSA) is 114 Å². The number of hydrogen-bond acceptors (Lipinski definition) is 7. The second-order valence-corrected chi connectivity index (χ2v) is 13.9. The smallest absolute Gasteiger partial charge is 0.264 e. The average Bonchev–Trinajstić information content (AvgIpc) is 3.07. The highest BCUT2D eigenvalue weighted by Gasteiger charge is 2.33. The van der Waals surface area contributed by atoms with Crippen molar-refractivity contribution in [3.8, 4) is 17.2 Å². The first-order valence-corrected chi connectivity index (χ1v) is 17.6. The third-order valence-electron chi connectivity index (χ3n) is 8.04. The zero-order chi connectivity index (χ0) is 33.3. The number of benzene rings is 3. The van der Waals surface area contributed by atoms with Gasteiger partial charge < -0.3 is 24.4 Å². The first kappa shape index (κ1) is 35.1. The summed E-state index contributed by atoms with van der Waals surface area (Å²) in [5.74, 6) is 0.348. The van der Waals surface area contributed by atoms with E-state index in [1.165, 1.54) is 37.3 Å². The summed E-state index contributed by atoms with van der Waals surface area (Å²) in [6.45, 7) is 3.53. The van der Waals surface area contributed by atoms with E-state index in [1.807, 2.05) is 31.2 Å². The van der Waals surface area contributed by atoms with Gasteiger partial charge >= 0.3 is 0 Å². The number of carbonyl (C=O) groups excluding carboxylic acids is 2. The lowest BCUT2D eigenvalue weighted by Gasteiger charge is -2.33. The Morgan fingerprint density at radius 3 is 2.20 bits per heavy atom. The molecule has 46 heavy (non-hydrogen) atoms. The summed E-state index contributed by atoms with van der Waals surface area (Å²) >= 11 is 3.44. The van der Waals surface area contributed by atoms with Crippen molar-refractivity contribution in [3.63, 3.8) is 0 Å². The molecule has 1 unspecified atom stereocenters. The van der Waals surface area contributed by atoms with Crippen LogP contribution >= 0.6 is 15.9 Å². The molecular weight excluding hydrogens is 674 g/mol. The van der Waals surface area contributed by atoms with Gasteiger partial charge in [-0.15, -0.1) is 0 Å². The minimum absolute atomic E-state index is 0.0547. The van der Waals surface area contributed by atoms with E-state index in [1.54, 1.807) is 31.2 Å². The number of carbonyl (C=O) groups is 2. The van der Waals surface area contributed by atoms with E-state index in [9.17, 15) is 18.0 Å². The second-order valence-electron chi connectivity index (χ2n) is 11.1. The number of amides is 2. The number of rotatable bonds is 14. The SMILES string of the molecule is CCOc1ccc(N(CC(=O)N(Cc2ccc(Br)cc2)C(C)C(=O)NC2CCCCC2)S(=O)(=O)c2ccc(OC)c(OC)c2)cc1. The van der Waals surface area contributed by atoms with E-state index in [0.717, 1.165) is 46.4 Å². The maximum atomic E-state index is 14.3. The van der Waals surface area contributed by atoms with Crippen LogP contribution in [-0.4, -0.2) is 64.6 Å². The minimum Gasteiger partial charge on any atom is -0.494 e. The van der Waals surface area contributed by atoms with E-state index in [2.05, 4.69) is 21.2 Å². The average molecular weight is 717 g/mol. The Morgan fingerprint density at radius 2 is 1.59 bits per heavy atom. The van der Waals surface area contributed by atoms with Crippen LogP contribution in [0.1, 0.15) is 51.5 Å². The number of methoxy groups -OCH3 is 2. The summed E-state index contributed by atoms with van der Waals surface area (Å²) in [4.78, 5) is 29.1. The van der Waals surface area contributed by atoms with Crippen LogP contribution in [0.5, 0.6) is 17.2 Å². The molecule has 0 radical (unpaired) electrons. The van der Waals surface area contributed by atoms with Crippen LogP contribution in [0.15, 0.2) is 76.1 Å². The minimum atomic E-state index is -4.31. The summed E-state index contributed by atoms with van der Waals surface area (Å²) in [5, 5.41) is 3.12. The Kier molecular flexibility index (Phi) is 12.3. The van der Waals surface area contributed by atoms with E-state index in [-0.39, 0.29) is 34.8 Å². The highest BCUT2D eigenvalue weighted by Crippen LogP contribution is 2.33. The van der Waals surface area contributed by atoms with Gasteiger partial charge in [-0.2, -0.15) is 0 Å². The van der Waals surface area contributed by atoms with E-state index < -0.39 is 28.5 Å². The van der Waals surface area contributed by atoms with Crippen LogP contribution in [0.2, 0.25) is 0 Å². The molecule has 3 aromatic carbocycles. The lowest BCUT2D eigenvalue weighted by atomic mass is 9.95. The fourth-order valence-corrected chi connectivity index (χ4v) is 7.14. The third-order valence-corrected chi connectivity index (χ3v) is 10.3. The highest BCUT2D eigenvalue weighted by atomic mass is 79.9. The van der Waals surface area contributed by atoms with E-state index >= 15 is 0 Å². The van der Waals surface area contributed by atoms with Gasteiger partial charge in [-0.05, 0) is 80.8 Å². The highest BCUT2D eigenvalue weighted by molar-refractivity contribution is 9.10. The van der Waals surface area contributed by atoms with Gasteiger partial charge in [-0.25, -0.2) is 8.42 Å². The number of halogens is 1. The van der Waals surface area contributed by atoms with Gasteiger partial charge in [-0.3, -0.25) is 13.9 Å². The number of sulfonamides is 1. The molecular formula is C34H42BrN3O7S. The molecule has 12 heteroatoms. The molecule has 2 amide bonds. The van der Waals surface area contributed by atoms with Crippen LogP contribution in [0.4, 0.5) is 5.69 Å². The largest absolute Gasteiger partial charge is 0.494 e. The van der Waals surface area contributed by atoms with Crippen molar-refractivity contribution in [2.45, 2.75) is 69.5 Å². The molecule has 1 aliphatic rings. The first-order valence-electron chi connectivity index (χ1n) is 15.4. The second kappa shape index (κ2) is 16.2. The molecule has 3 aromatic rings. The van der Waals surface area contributed by atoms with Crippen molar-refractivity contribution in [1.29, 1.82) is 0 Å². The Balaban J connectivity index is 1.71. The molecule has 0 saturated heterocycles. The molecule has 1 aliphatic carbocycles. The van der Waals surface area contributed by atoms with Crippen LogP contribution in [0, 0.1) is 0 Å². The van der Waals surface area contributed by atoms with Gasteiger partial charge in [0.1, 0.15) is 18.3 Å². The van der Waals surface area contributed by atoms with Crippen LogP contribution in [0.3, 0.4) is 0 Å². The standard InChI is InChI=1S/C34H42BrN3O7S/c1-5-45-29-17-15-28(16-18-29)38(46(41,42)30-19-20-31(43-3)32(21-30)44-4)23-33(39)37(22-25-11-13-26(35)14-12-25)24(2)34(40)36-27-9-7-6-8-10-27/h11-21,24,27H,5-10,22-23H2,1-4H3,(H,36,40). The number of ether oxygens (including phenoxy) is 3. The fourth-order valence-electron chi connectivity index (χ4n) is 5.45. The monoisotopic (exact) mass is 715 g/mol. The van der Waals surface area contributed by atoms with Crippen molar-refractivity contribution in [1.82, 2.24) is 10.2 Å². The predicted octanol–water partition coefficient (Wildman–Crippen LogP) is 5.93. The summed E-state index contributed by atoms with van der Waals surface area (Å²) < 4.78 is 46.7. The Hall–Kier alpha value is -3.77. The van der Waals surface area contributed by atoms with Crippen molar-refractivity contribution in [3.05, 3.63) is 76.8 Å². The maximum absolute atomic E-state index is 14.3. The molecule has 0 spiro atoms. The van der Waals surface area contributed by atoms with Gasteiger partial charge in [0.05, 0.1) is 31.4 Å². The Morgan fingerprint density at radius 1 is 0.935 bits per heavy atom. The normalized spacial score (nSPS) is 14.2. The zero-order valence-electron chi connectivity index (χ0n) is 26.7. The zero-order valence-corrected chi connectivity index (χ0v) is 29.1.